The first kappa shape index (κ1) is 22.9. The number of nitrogens with one attached hydrogen (secondary N) is 1. The van der Waals surface area contributed by atoms with Gasteiger partial charge < -0.3 is 5.32 Å². The van der Waals surface area contributed by atoms with Crippen molar-refractivity contribution in [2.45, 2.75) is 51.3 Å². The molecule has 1 aromatic carbocycles. The number of piperidine rings is 1. The van der Waals surface area contributed by atoms with Crippen LogP contribution in [0, 0.1) is 18.8 Å². The van der Waals surface area contributed by atoms with Gasteiger partial charge in [0.2, 0.25) is 15.9 Å². The van der Waals surface area contributed by atoms with Gasteiger partial charge in [-0.2, -0.15) is 4.31 Å². The highest BCUT2D eigenvalue weighted by Crippen LogP contribution is 2.24. The fourth-order valence-corrected chi connectivity index (χ4v) is 5.87. The first-order valence-corrected chi connectivity index (χ1v) is 12.9. The lowest BCUT2D eigenvalue weighted by molar-refractivity contribution is -0.126. The van der Waals surface area contributed by atoms with Crippen molar-refractivity contribution in [1.29, 1.82) is 0 Å². The average molecular weight is 450 g/mol. The lowest BCUT2D eigenvalue weighted by atomic mass is 9.97. The van der Waals surface area contributed by atoms with Crippen molar-refractivity contribution in [3.05, 3.63) is 45.9 Å². The lowest BCUT2D eigenvalue weighted by Gasteiger charge is -2.30. The zero-order valence-electron chi connectivity index (χ0n) is 17.9. The number of carbonyl (C=O) groups is 1. The molecule has 0 saturated carbocycles. The van der Waals surface area contributed by atoms with Crippen molar-refractivity contribution in [2.75, 3.05) is 19.6 Å². The Hall–Kier alpha value is -1.77. The van der Waals surface area contributed by atoms with Crippen LogP contribution in [0.4, 0.5) is 0 Å². The lowest BCUT2D eigenvalue weighted by Crippen LogP contribution is -2.43. The summed E-state index contributed by atoms with van der Waals surface area (Å²) in [5.41, 5.74) is 2.14. The number of thiazole rings is 1. The highest BCUT2D eigenvalue weighted by atomic mass is 32.2. The van der Waals surface area contributed by atoms with Gasteiger partial charge in [-0.05, 0) is 49.8 Å². The number of sulfonamides is 1. The van der Waals surface area contributed by atoms with E-state index in [0.717, 1.165) is 29.1 Å². The fourth-order valence-electron chi connectivity index (χ4n) is 3.76. The van der Waals surface area contributed by atoms with Gasteiger partial charge in [-0.3, -0.25) is 4.79 Å². The molecule has 164 valence electrons. The van der Waals surface area contributed by atoms with E-state index in [-0.39, 0.29) is 11.8 Å². The second kappa shape index (κ2) is 10.0. The van der Waals surface area contributed by atoms with Crippen LogP contribution in [0.1, 0.15) is 43.0 Å². The van der Waals surface area contributed by atoms with E-state index in [1.165, 1.54) is 4.31 Å². The minimum absolute atomic E-state index is 0.0111. The van der Waals surface area contributed by atoms with Gasteiger partial charge in [-0.25, -0.2) is 13.4 Å². The molecule has 0 aliphatic carbocycles. The number of rotatable bonds is 8. The van der Waals surface area contributed by atoms with Crippen LogP contribution in [0.2, 0.25) is 0 Å². The van der Waals surface area contributed by atoms with Crippen LogP contribution in [0.25, 0.3) is 0 Å². The van der Waals surface area contributed by atoms with Gasteiger partial charge in [0.15, 0.2) is 0 Å². The molecular formula is C22H31N3O3S2. The molecule has 0 bridgehead atoms. The van der Waals surface area contributed by atoms with Gasteiger partial charge in [0.1, 0.15) is 0 Å². The summed E-state index contributed by atoms with van der Waals surface area (Å²) in [4.78, 5) is 17.2. The third kappa shape index (κ3) is 5.89. The summed E-state index contributed by atoms with van der Waals surface area (Å²) in [6.07, 6.45) is 2.75. The summed E-state index contributed by atoms with van der Waals surface area (Å²) in [5.74, 6) is 0.405. The van der Waals surface area contributed by atoms with Crippen LogP contribution in [0.15, 0.2) is 34.5 Å². The molecule has 1 fully saturated rings. The molecule has 30 heavy (non-hydrogen) atoms. The molecule has 1 N–H and O–H groups in total. The number of hydrogen-bond donors (Lipinski definition) is 1. The van der Waals surface area contributed by atoms with E-state index in [1.54, 1.807) is 23.5 Å². The molecule has 6 nitrogen and oxygen atoms in total. The molecule has 3 rings (SSSR count). The fraction of sp³-hybridized carbons (Fsp3) is 0.545. The Morgan fingerprint density at radius 3 is 2.47 bits per heavy atom. The number of aromatic nitrogens is 1. The largest absolute Gasteiger partial charge is 0.355 e. The summed E-state index contributed by atoms with van der Waals surface area (Å²) in [6.45, 7) is 7.56. The van der Waals surface area contributed by atoms with E-state index in [0.29, 0.717) is 43.3 Å². The Morgan fingerprint density at radius 1 is 1.23 bits per heavy atom. The van der Waals surface area contributed by atoms with E-state index in [9.17, 15) is 13.2 Å². The minimum atomic E-state index is -3.51. The summed E-state index contributed by atoms with van der Waals surface area (Å²) < 4.78 is 27.4. The Balaban J connectivity index is 1.49. The van der Waals surface area contributed by atoms with Crippen molar-refractivity contribution in [2.24, 2.45) is 11.8 Å². The quantitative estimate of drug-likeness (QED) is 0.670. The number of amides is 1. The van der Waals surface area contributed by atoms with Crippen LogP contribution in [-0.2, 0) is 27.7 Å². The van der Waals surface area contributed by atoms with E-state index in [1.807, 2.05) is 24.4 Å². The Labute approximate surface area is 183 Å². The Kier molecular flexibility index (Phi) is 7.65. The van der Waals surface area contributed by atoms with E-state index in [2.05, 4.69) is 24.1 Å². The van der Waals surface area contributed by atoms with Crippen LogP contribution < -0.4 is 5.32 Å². The maximum atomic E-state index is 12.9. The zero-order valence-corrected chi connectivity index (χ0v) is 19.6. The van der Waals surface area contributed by atoms with E-state index in [4.69, 9.17) is 0 Å². The molecule has 1 aliphatic heterocycles. The molecule has 0 spiro atoms. The number of hydrogen-bond acceptors (Lipinski definition) is 5. The number of aryl methyl sites for hydroxylation is 1. The van der Waals surface area contributed by atoms with E-state index >= 15 is 0 Å². The van der Waals surface area contributed by atoms with Crippen molar-refractivity contribution in [3.8, 4) is 0 Å². The second-order valence-electron chi connectivity index (χ2n) is 8.32. The molecule has 1 saturated heterocycles. The summed E-state index contributed by atoms with van der Waals surface area (Å²) in [7, 11) is -3.51. The minimum Gasteiger partial charge on any atom is -0.355 e. The molecule has 1 amide bonds. The van der Waals surface area contributed by atoms with Gasteiger partial charge in [-0.1, -0.05) is 26.0 Å². The van der Waals surface area contributed by atoms with Crippen LogP contribution in [0.5, 0.6) is 0 Å². The summed E-state index contributed by atoms with van der Waals surface area (Å²) >= 11 is 1.61. The topological polar surface area (TPSA) is 79.4 Å². The van der Waals surface area contributed by atoms with Crippen LogP contribution in [0.3, 0.4) is 0 Å². The van der Waals surface area contributed by atoms with Gasteiger partial charge in [0, 0.05) is 37.4 Å². The maximum absolute atomic E-state index is 12.9. The first-order chi connectivity index (χ1) is 14.3. The molecule has 0 atom stereocenters. The van der Waals surface area contributed by atoms with Crippen molar-refractivity contribution in [3.63, 3.8) is 0 Å². The Morgan fingerprint density at radius 2 is 1.90 bits per heavy atom. The van der Waals surface area contributed by atoms with E-state index < -0.39 is 10.0 Å². The van der Waals surface area contributed by atoms with Crippen molar-refractivity contribution >= 4 is 27.3 Å². The van der Waals surface area contributed by atoms with Gasteiger partial charge in [0.05, 0.1) is 15.6 Å². The van der Waals surface area contributed by atoms with Crippen molar-refractivity contribution in [1.82, 2.24) is 14.6 Å². The Bertz CT molecular complexity index is 944. The molecule has 8 heteroatoms. The van der Waals surface area contributed by atoms with Gasteiger partial charge in [0.25, 0.3) is 0 Å². The molecular weight excluding hydrogens is 418 g/mol. The van der Waals surface area contributed by atoms with Crippen molar-refractivity contribution < 1.29 is 13.2 Å². The highest BCUT2D eigenvalue weighted by molar-refractivity contribution is 7.89. The monoisotopic (exact) mass is 449 g/mol. The third-order valence-electron chi connectivity index (χ3n) is 5.38. The molecule has 0 radical (unpaired) electrons. The molecule has 1 aromatic heterocycles. The number of carbonyl (C=O) groups excluding carboxylic acids is 1. The molecule has 2 aromatic rings. The maximum Gasteiger partial charge on any atom is 0.243 e. The van der Waals surface area contributed by atoms with Crippen LogP contribution >= 0.6 is 11.3 Å². The number of nitrogens with zero attached hydrogens (tertiary/aromatic N) is 2. The predicted molar refractivity (Wildman–Crippen MR) is 120 cm³/mol. The highest BCUT2D eigenvalue weighted by Gasteiger charge is 2.32. The third-order valence-corrected chi connectivity index (χ3v) is 8.11. The normalized spacial score (nSPS) is 16.1. The standard InChI is InChI=1S/C22H31N3O3S2/c1-16(2)14-18-4-6-21(7-5-18)30(27,28)25-12-9-19(10-13-25)22(26)23-11-8-20-15-29-17(3)24-20/h4-7,15-16,19H,8-14H2,1-3H3,(H,23,26). The smallest absolute Gasteiger partial charge is 0.243 e. The predicted octanol–water partition coefficient (Wildman–Crippen LogP) is 3.41. The summed E-state index contributed by atoms with van der Waals surface area (Å²) in [6, 6.07) is 7.20. The molecule has 2 heterocycles. The first-order valence-electron chi connectivity index (χ1n) is 10.5. The summed E-state index contributed by atoms with van der Waals surface area (Å²) in [5, 5.41) is 6.02. The molecule has 1 aliphatic rings. The SMILES string of the molecule is Cc1nc(CCNC(=O)C2CCN(S(=O)(=O)c3ccc(CC(C)C)cc3)CC2)cs1. The number of benzene rings is 1. The molecule has 0 unspecified atom stereocenters. The van der Waals surface area contributed by atoms with Gasteiger partial charge >= 0.3 is 0 Å². The zero-order chi connectivity index (χ0) is 21.7. The van der Waals surface area contributed by atoms with Crippen LogP contribution in [-0.4, -0.2) is 43.2 Å². The second-order valence-corrected chi connectivity index (χ2v) is 11.3. The van der Waals surface area contributed by atoms with Gasteiger partial charge in [-0.15, -0.1) is 11.3 Å². The average Bonchev–Trinajstić information content (AvgIpc) is 3.13.